The fourth-order valence-corrected chi connectivity index (χ4v) is 7.57. The predicted octanol–water partition coefficient (Wildman–Crippen LogP) is 12.0. The van der Waals surface area contributed by atoms with Crippen molar-refractivity contribution in [3.8, 4) is 5.69 Å². The van der Waals surface area contributed by atoms with Crippen LogP contribution in [-0.2, 0) is 0 Å². The molecule has 0 radical (unpaired) electrons. The average Bonchev–Trinajstić information content (AvgIpc) is 3.72. The van der Waals surface area contributed by atoms with Gasteiger partial charge in [0.05, 0.1) is 22.4 Å². The van der Waals surface area contributed by atoms with Crippen molar-refractivity contribution >= 4 is 82.9 Å². The molecule has 1 N–H and O–H groups in total. The van der Waals surface area contributed by atoms with Crippen LogP contribution < -0.4 is 0 Å². The Labute approximate surface area is 287 Å². The minimum atomic E-state index is 0.426. The van der Waals surface area contributed by atoms with Crippen LogP contribution in [0.5, 0.6) is 0 Å². The van der Waals surface area contributed by atoms with Gasteiger partial charge in [-0.25, -0.2) is 0 Å². The smallest absolute Gasteiger partial charge is 0.135 e. The Kier molecular flexibility index (Phi) is 6.30. The lowest BCUT2D eigenvalue weighted by Crippen LogP contribution is -2.02. The molecule has 0 amide bonds. The van der Waals surface area contributed by atoms with Gasteiger partial charge in [-0.05, 0) is 81.7 Å². The molecular formula is C46H29N3O. The Morgan fingerprint density at radius 3 is 1.98 bits per heavy atom. The fraction of sp³-hybridized carbons (Fsp3) is 0. The first-order chi connectivity index (χ1) is 24.7. The van der Waals surface area contributed by atoms with Crippen molar-refractivity contribution in [3.05, 3.63) is 181 Å². The standard InChI is InChI=1S/C46H29N3O/c47-39-18-7-5-17-37(39)46(32-22-25-43-38(27-32)36-16-6-8-19-42(36)50-43)48-28-29-10-9-13-33(26-29)49-40-23-20-30-11-1-3-14-34(30)44(40)45-35-15-4-2-12-31(35)21-24-41(45)49/h1-28,47H/b46-37-,47-39?,48-28+. The highest BCUT2D eigenvalue weighted by Crippen LogP contribution is 2.40. The summed E-state index contributed by atoms with van der Waals surface area (Å²) in [7, 11) is 0. The second-order valence-electron chi connectivity index (χ2n) is 12.8. The minimum Gasteiger partial charge on any atom is -0.456 e. The number of hydrogen-bond acceptors (Lipinski definition) is 3. The van der Waals surface area contributed by atoms with Gasteiger partial charge < -0.3 is 14.4 Å². The molecule has 0 saturated heterocycles. The summed E-state index contributed by atoms with van der Waals surface area (Å²) in [5, 5.41) is 18.3. The van der Waals surface area contributed by atoms with Crippen LogP contribution in [0, 0.1) is 5.41 Å². The Morgan fingerprint density at radius 2 is 1.24 bits per heavy atom. The van der Waals surface area contributed by atoms with Crippen molar-refractivity contribution in [2.45, 2.75) is 0 Å². The third kappa shape index (κ3) is 4.39. The highest BCUT2D eigenvalue weighted by molar-refractivity contribution is 6.28. The fourth-order valence-electron chi connectivity index (χ4n) is 7.57. The molecule has 0 aliphatic heterocycles. The minimum absolute atomic E-state index is 0.426. The zero-order chi connectivity index (χ0) is 33.2. The maximum atomic E-state index is 8.78. The number of nitrogens with zero attached hydrogens (tertiary/aromatic N) is 2. The van der Waals surface area contributed by atoms with Crippen LogP contribution >= 0.6 is 0 Å². The molecule has 10 rings (SSSR count). The van der Waals surface area contributed by atoms with Gasteiger partial charge in [-0.15, -0.1) is 0 Å². The summed E-state index contributed by atoms with van der Waals surface area (Å²) in [5.41, 5.74) is 8.91. The molecule has 4 nitrogen and oxygen atoms in total. The number of furan rings is 1. The van der Waals surface area contributed by atoms with Crippen LogP contribution in [0.3, 0.4) is 0 Å². The Bertz CT molecular complexity index is 2910. The molecule has 50 heavy (non-hydrogen) atoms. The normalized spacial score (nSPS) is 14.4. The zero-order valence-electron chi connectivity index (χ0n) is 27.0. The van der Waals surface area contributed by atoms with Crippen molar-refractivity contribution in [1.29, 1.82) is 5.41 Å². The van der Waals surface area contributed by atoms with E-state index in [1.54, 1.807) is 0 Å². The number of rotatable bonds is 4. The van der Waals surface area contributed by atoms with Crippen LogP contribution in [0.4, 0.5) is 0 Å². The molecule has 4 heteroatoms. The molecule has 9 aromatic rings. The molecule has 2 heterocycles. The third-order valence-electron chi connectivity index (χ3n) is 9.85. The Balaban J connectivity index is 1.15. The second-order valence-corrected chi connectivity index (χ2v) is 12.8. The van der Waals surface area contributed by atoms with Gasteiger partial charge in [0.25, 0.3) is 0 Å². The summed E-state index contributed by atoms with van der Waals surface area (Å²) in [6, 6.07) is 49.1. The maximum absolute atomic E-state index is 8.78. The molecule has 1 aliphatic rings. The van der Waals surface area contributed by atoms with E-state index in [1.165, 1.54) is 43.4 Å². The molecule has 0 bridgehead atoms. The molecule has 234 valence electrons. The van der Waals surface area contributed by atoms with Crippen LogP contribution in [0.25, 0.3) is 76.7 Å². The maximum Gasteiger partial charge on any atom is 0.135 e. The molecule has 0 saturated carbocycles. The van der Waals surface area contributed by atoms with Crippen molar-refractivity contribution in [2.24, 2.45) is 4.99 Å². The van der Waals surface area contributed by atoms with Gasteiger partial charge in [-0.1, -0.05) is 109 Å². The SMILES string of the molecule is N=C1C=CC=C/C1=C(/N=C/c1cccc(-n2c3ccc4ccccc4c3c3c4ccccc4ccc32)c1)c1ccc2oc3ccccc3c2c1. The van der Waals surface area contributed by atoms with Crippen LogP contribution in [0.1, 0.15) is 11.1 Å². The van der Waals surface area contributed by atoms with E-state index in [4.69, 9.17) is 14.8 Å². The van der Waals surface area contributed by atoms with Gasteiger partial charge in [0.15, 0.2) is 0 Å². The van der Waals surface area contributed by atoms with Gasteiger partial charge in [-0.3, -0.25) is 4.99 Å². The highest BCUT2D eigenvalue weighted by Gasteiger charge is 2.18. The van der Waals surface area contributed by atoms with Crippen molar-refractivity contribution in [3.63, 3.8) is 0 Å². The summed E-state index contributed by atoms with van der Waals surface area (Å²) in [6.45, 7) is 0. The number of hydrogen-bond donors (Lipinski definition) is 1. The van der Waals surface area contributed by atoms with Gasteiger partial charge in [0.1, 0.15) is 11.2 Å². The molecule has 0 atom stereocenters. The average molecular weight is 640 g/mol. The van der Waals surface area contributed by atoms with E-state index in [9.17, 15) is 0 Å². The molecular weight excluding hydrogens is 611 g/mol. The number of fused-ring (bicyclic) bond motifs is 10. The highest BCUT2D eigenvalue weighted by atomic mass is 16.3. The van der Waals surface area contributed by atoms with Crippen molar-refractivity contribution in [1.82, 2.24) is 4.57 Å². The van der Waals surface area contributed by atoms with Crippen LogP contribution in [-0.4, -0.2) is 16.5 Å². The monoisotopic (exact) mass is 639 g/mol. The Morgan fingerprint density at radius 1 is 0.580 bits per heavy atom. The molecule has 1 aliphatic carbocycles. The summed E-state index contributed by atoms with van der Waals surface area (Å²) in [5.74, 6) is 0. The van der Waals surface area contributed by atoms with Gasteiger partial charge in [-0.2, -0.15) is 0 Å². The van der Waals surface area contributed by atoms with E-state index in [0.717, 1.165) is 50.0 Å². The Hall–Kier alpha value is -6.78. The lowest BCUT2D eigenvalue weighted by Gasteiger charge is -2.12. The van der Waals surface area contributed by atoms with E-state index in [2.05, 4.69) is 114 Å². The number of aromatic nitrogens is 1. The van der Waals surface area contributed by atoms with Crippen LogP contribution in [0.15, 0.2) is 179 Å². The van der Waals surface area contributed by atoms with Gasteiger partial charge >= 0.3 is 0 Å². The molecule has 0 spiro atoms. The largest absolute Gasteiger partial charge is 0.456 e. The number of allylic oxidation sites excluding steroid dienone is 5. The van der Waals surface area contributed by atoms with Crippen LogP contribution in [0.2, 0.25) is 0 Å². The first kappa shape index (κ1) is 28.3. The number of aliphatic imine (C=N–C) groups is 1. The van der Waals surface area contributed by atoms with E-state index >= 15 is 0 Å². The first-order valence-corrected chi connectivity index (χ1v) is 16.8. The van der Waals surface area contributed by atoms with E-state index in [1.807, 2.05) is 60.9 Å². The lowest BCUT2D eigenvalue weighted by molar-refractivity contribution is 0.669. The van der Waals surface area contributed by atoms with Gasteiger partial charge in [0, 0.05) is 44.6 Å². The quantitative estimate of drug-likeness (QED) is 0.191. The number of nitrogens with one attached hydrogen (secondary N) is 1. The summed E-state index contributed by atoms with van der Waals surface area (Å²) in [4.78, 5) is 5.13. The van der Waals surface area contributed by atoms with Crippen molar-refractivity contribution < 1.29 is 4.42 Å². The summed E-state index contributed by atoms with van der Waals surface area (Å²) >= 11 is 0. The number of benzene rings is 7. The lowest BCUT2D eigenvalue weighted by atomic mass is 9.98. The molecule has 7 aromatic carbocycles. The summed E-state index contributed by atoms with van der Waals surface area (Å²) in [6.07, 6.45) is 9.55. The first-order valence-electron chi connectivity index (χ1n) is 16.8. The van der Waals surface area contributed by atoms with E-state index < -0.39 is 0 Å². The second kappa shape index (κ2) is 11.1. The van der Waals surface area contributed by atoms with E-state index in [0.29, 0.717) is 5.71 Å². The van der Waals surface area contributed by atoms with Gasteiger partial charge in [0.2, 0.25) is 0 Å². The molecule has 0 unspecified atom stereocenters. The third-order valence-corrected chi connectivity index (χ3v) is 9.85. The van der Waals surface area contributed by atoms with Crippen molar-refractivity contribution in [2.75, 3.05) is 0 Å². The topological polar surface area (TPSA) is 54.3 Å². The predicted molar refractivity (Wildman–Crippen MR) is 210 cm³/mol. The zero-order valence-corrected chi connectivity index (χ0v) is 27.0. The molecule has 2 aromatic heterocycles. The number of para-hydroxylation sites is 1. The molecule has 0 fully saturated rings. The van der Waals surface area contributed by atoms with E-state index in [-0.39, 0.29) is 0 Å². The summed E-state index contributed by atoms with van der Waals surface area (Å²) < 4.78 is 8.49.